The van der Waals surface area contributed by atoms with E-state index in [0.29, 0.717) is 0 Å². The summed E-state index contributed by atoms with van der Waals surface area (Å²) in [6, 6.07) is 0. The highest BCUT2D eigenvalue weighted by atomic mass is 13.9. The van der Waals surface area contributed by atoms with Crippen LogP contribution in [0.15, 0.2) is 99.7 Å². The van der Waals surface area contributed by atoms with Gasteiger partial charge in [-0.25, -0.2) is 0 Å². The molecule has 30 heavy (non-hydrogen) atoms. The van der Waals surface area contributed by atoms with E-state index in [1.807, 2.05) is 95.2 Å². The second-order valence-corrected chi connectivity index (χ2v) is 3.25. The van der Waals surface area contributed by atoms with Gasteiger partial charge in [0, 0.05) is 0 Å². The Morgan fingerprint density at radius 1 is 0.600 bits per heavy atom. The van der Waals surface area contributed by atoms with Gasteiger partial charge in [-0.1, -0.05) is 152 Å². The summed E-state index contributed by atoms with van der Waals surface area (Å²) >= 11 is 0. The molecule has 0 aliphatic heterocycles. The van der Waals surface area contributed by atoms with E-state index in [9.17, 15) is 0 Å². The Morgan fingerprint density at radius 3 is 0.867 bits per heavy atom. The van der Waals surface area contributed by atoms with Gasteiger partial charge in [-0.05, 0) is 31.4 Å². The molecule has 0 saturated carbocycles. The van der Waals surface area contributed by atoms with Gasteiger partial charge in [0.2, 0.25) is 0 Å². The normalized spacial score (nSPS) is 6.10. The van der Waals surface area contributed by atoms with E-state index >= 15 is 0 Å². The van der Waals surface area contributed by atoms with Crippen LogP contribution in [0.25, 0.3) is 0 Å². The maximum absolute atomic E-state index is 3.76. The van der Waals surface area contributed by atoms with E-state index in [1.165, 1.54) is 0 Å². The third-order valence-electron chi connectivity index (χ3n) is 1.60. The Bertz CT molecular complexity index is 305. The molecule has 182 valence electrons. The third-order valence-corrected chi connectivity index (χ3v) is 1.60. The number of allylic oxidation sites excluding steroid dienone is 9. The first-order valence-corrected chi connectivity index (χ1v) is 11.5. The molecule has 0 aliphatic carbocycles. The van der Waals surface area contributed by atoms with Crippen LogP contribution in [-0.2, 0) is 0 Å². The number of hydrogen-bond acceptors (Lipinski definition) is 0. The lowest BCUT2D eigenvalue weighted by atomic mass is 10.1. The van der Waals surface area contributed by atoms with Gasteiger partial charge in [0.05, 0.1) is 0 Å². The zero-order valence-corrected chi connectivity index (χ0v) is 23.7. The lowest BCUT2D eigenvalue weighted by Crippen LogP contribution is -1.76. The van der Waals surface area contributed by atoms with Crippen LogP contribution in [0.4, 0.5) is 0 Å². The van der Waals surface area contributed by atoms with E-state index in [0.717, 1.165) is 17.6 Å². The van der Waals surface area contributed by atoms with Crippen LogP contribution in [0.5, 0.6) is 0 Å². The smallest absolute Gasteiger partial charge is 0.0239 e. The summed E-state index contributed by atoms with van der Waals surface area (Å²) in [6.07, 6.45) is 13.4. The molecule has 0 aromatic heterocycles. The molecule has 0 aliphatic rings. The van der Waals surface area contributed by atoms with E-state index in [4.69, 9.17) is 0 Å². The van der Waals surface area contributed by atoms with Gasteiger partial charge in [0.25, 0.3) is 0 Å². The van der Waals surface area contributed by atoms with Gasteiger partial charge in [0.15, 0.2) is 0 Å². The standard InChI is InChI=1S/C9H12.C4H8.C4H6.C3H6.5C2H6/c1-5-8(4)9(6-2)7-3;2*1-3-4-2;1-3-2;5*1-2/h5-7H,1-2,4H2,3H3;3H,1,4H2,2H3;3-4H,1-2H2;3H,1H2,2H3;5*1-2H3/b9-7-;;;;;;;;. The summed E-state index contributed by atoms with van der Waals surface area (Å²) in [5.41, 5.74) is 1.97. The van der Waals surface area contributed by atoms with Gasteiger partial charge in [-0.2, -0.15) is 0 Å². The van der Waals surface area contributed by atoms with E-state index < -0.39 is 0 Å². The molecule has 0 aromatic carbocycles. The molecular weight excluding hydrogens is 360 g/mol. The molecule has 0 heterocycles. The summed E-state index contributed by atoms with van der Waals surface area (Å²) in [5, 5.41) is 0. The largest absolute Gasteiger partial charge is 0.103 e. The summed E-state index contributed by atoms with van der Waals surface area (Å²) in [4.78, 5) is 0. The predicted octanol–water partition coefficient (Wildman–Crippen LogP) is 12.1. The molecule has 0 rings (SSSR count). The van der Waals surface area contributed by atoms with Crippen molar-refractivity contribution in [3.63, 3.8) is 0 Å². The van der Waals surface area contributed by atoms with Gasteiger partial charge in [-0.3, -0.25) is 0 Å². The topological polar surface area (TPSA) is 0 Å². The van der Waals surface area contributed by atoms with Gasteiger partial charge in [-0.15, -0.1) is 13.2 Å². The quantitative estimate of drug-likeness (QED) is 0.305. The second-order valence-electron chi connectivity index (χ2n) is 3.25. The van der Waals surface area contributed by atoms with Gasteiger partial charge < -0.3 is 0 Å². The first-order chi connectivity index (χ1) is 14.5. The van der Waals surface area contributed by atoms with Crippen molar-refractivity contribution in [1.29, 1.82) is 0 Å². The fourth-order valence-corrected chi connectivity index (χ4v) is 0.552. The molecule has 0 nitrogen and oxygen atoms in total. The van der Waals surface area contributed by atoms with Crippen molar-refractivity contribution in [3.05, 3.63) is 99.7 Å². The zero-order valence-electron chi connectivity index (χ0n) is 23.7. The molecule has 0 radical (unpaired) electrons. The summed E-state index contributed by atoms with van der Waals surface area (Å²) in [7, 11) is 0. The maximum atomic E-state index is 3.76. The minimum Gasteiger partial charge on any atom is -0.103 e. The summed E-state index contributed by atoms with van der Waals surface area (Å²) in [5.74, 6) is 0. The molecule has 0 unspecified atom stereocenters. The first-order valence-electron chi connectivity index (χ1n) is 11.5. The lowest BCUT2D eigenvalue weighted by molar-refractivity contribution is 1.23. The Morgan fingerprint density at radius 2 is 0.833 bits per heavy atom. The van der Waals surface area contributed by atoms with Gasteiger partial charge >= 0.3 is 0 Å². The van der Waals surface area contributed by atoms with Crippen LogP contribution >= 0.6 is 0 Å². The van der Waals surface area contributed by atoms with Crippen LogP contribution in [0.1, 0.15) is 96.4 Å². The molecule has 0 N–H and O–H groups in total. The highest BCUT2D eigenvalue weighted by molar-refractivity contribution is 5.42. The molecule has 0 fully saturated rings. The monoisotopic (exact) mass is 422 g/mol. The van der Waals surface area contributed by atoms with Crippen molar-refractivity contribution in [3.8, 4) is 0 Å². The minimum atomic E-state index is 0.924. The minimum absolute atomic E-state index is 0.924. The molecule has 0 spiro atoms. The SMILES string of the molecule is C=CC.C=CC(=C)/C(C=C)=C\C.C=CC=C.C=CCC.CC.CC.CC.CC.CC. The summed E-state index contributed by atoms with van der Waals surface area (Å²) < 4.78 is 0. The fourth-order valence-electron chi connectivity index (χ4n) is 0.552. The molecule has 0 bridgehead atoms. The van der Waals surface area contributed by atoms with Crippen LogP contribution in [0.2, 0.25) is 0 Å². The highest BCUT2D eigenvalue weighted by Crippen LogP contribution is 2.07. The fraction of sp³-hybridized carbons (Fsp3) is 0.467. The van der Waals surface area contributed by atoms with Crippen molar-refractivity contribution in [2.45, 2.75) is 96.4 Å². The molecule has 0 atom stereocenters. The maximum Gasteiger partial charge on any atom is -0.0239 e. The average molecular weight is 423 g/mol. The van der Waals surface area contributed by atoms with Crippen molar-refractivity contribution < 1.29 is 0 Å². The highest BCUT2D eigenvalue weighted by Gasteiger charge is 1.88. The molecule has 0 amide bonds. The zero-order chi connectivity index (χ0) is 26.8. The van der Waals surface area contributed by atoms with Gasteiger partial charge in [0.1, 0.15) is 0 Å². The van der Waals surface area contributed by atoms with E-state index in [1.54, 1.807) is 30.4 Å². The van der Waals surface area contributed by atoms with Crippen LogP contribution in [0, 0.1) is 0 Å². The summed E-state index contributed by atoms with van der Waals surface area (Å²) in [6.45, 7) is 50.4. The van der Waals surface area contributed by atoms with E-state index in [-0.39, 0.29) is 0 Å². The Kier molecular flexibility index (Phi) is 240. The molecule has 0 heteroatoms. The third kappa shape index (κ3) is 164. The lowest BCUT2D eigenvalue weighted by Gasteiger charge is -1.96. The van der Waals surface area contributed by atoms with Crippen molar-refractivity contribution in [2.75, 3.05) is 0 Å². The van der Waals surface area contributed by atoms with Crippen LogP contribution < -0.4 is 0 Å². The molecular formula is C30H62. The van der Waals surface area contributed by atoms with Crippen molar-refractivity contribution in [2.24, 2.45) is 0 Å². The van der Waals surface area contributed by atoms with Crippen LogP contribution in [-0.4, -0.2) is 0 Å². The molecule has 0 aromatic rings. The number of hydrogen-bond donors (Lipinski definition) is 0. The number of rotatable bonds is 5. The Labute approximate surface area is 196 Å². The Hall–Kier alpha value is -2.08. The Balaban J connectivity index is -0.0000000259. The van der Waals surface area contributed by atoms with E-state index in [2.05, 4.69) is 53.0 Å². The predicted molar refractivity (Wildman–Crippen MR) is 157 cm³/mol. The second kappa shape index (κ2) is 127. The average Bonchev–Trinajstić information content (AvgIpc) is 2.86. The molecule has 0 saturated heterocycles. The van der Waals surface area contributed by atoms with Crippen molar-refractivity contribution >= 4 is 0 Å². The van der Waals surface area contributed by atoms with Crippen molar-refractivity contribution in [1.82, 2.24) is 0 Å². The van der Waals surface area contributed by atoms with Crippen LogP contribution in [0.3, 0.4) is 0 Å². The first kappa shape index (κ1) is 56.5.